The number of rotatable bonds is 5. The van der Waals surface area contributed by atoms with Gasteiger partial charge in [-0.15, -0.1) is 0 Å². The second-order valence-electron chi connectivity index (χ2n) is 7.44. The average Bonchev–Trinajstić information content (AvgIpc) is 2.75. The Morgan fingerprint density at radius 1 is 1.27 bits per heavy atom. The summed E-state index contributed by atoms with van der Waals surface area (Å²) in [6.45, 7) is 8.56. The van der Waals surface area contributed by atoms with Crippen molar-refractivity contribution in [2.75, 3.05) is 13.7 Å². The van der Waals surface area contributed by atoms with Crippen molar-refractivity contribution < 1.29 is 13.2 Å². The van der Waals surface area contributed by atoms with Gasteiger partial charge in [0.15, 0.2) is 0 Å². The molecular formula is C23H35N3O3S. The van der Waals surface area contributed by atoms with Gasteiger partial charge in [0.25, 0.3) is 0 Å². The summed E-state index contributed by atoms with van der Waals surface area (Å²) in [5, 5.41) is -0.531. The highest BCUT2D eigenvalue weighted by Gasteiger charge is 2.35. The van der Waals surface area contributed by atoms with Gasteiger partial charge in [0, 0.05) is 18.2 Å². The molecule has 0 bridgehead atoms. The number of benzene rings is 1. The standard InChI is InChI=1S/C21H29N3O3S.C2H6/c1-15-14-17(7-12-20(15)27-3)21(22)23-18-8-10-19(11-9-18)28(25,26)24-13-5-4-6-16(24)2;1-2/h7-10,12,14,16,19H,4-6,11,13H2,1-3H3,(H2,22,23);1-2H3. The number of amidine groups is 1. The van der Waals surface area contributed by atoms with Crippen molar-refractivity contribution >= 4 is 15.9 Å². The monoisotopic (exact) mass is 433 g/mol. The number of hydrogen-bond acceptors (Lipinski definition) is 4. The van der Waals surface area contributed by atoms with E-state index in [9.17, 15) is 8.42 Å². The molecular weight excluding hydrogens is 398 g/mol. The molecule has 3 rings (SSSR count). The Morgan fingerprint density at radius 3 is 2.57 bits per heavy atom. The van der Waals surface area contributed by atoms with E-state index in [0.29, 0.717) is 24.5 Å². The fraction of sp³-hybridized carbons (Fsp3) is 0.522. The molecule has 0 aromatic heterocycles. The van der Waals surface area contributed by atoms with Gasteiger partial charge in [-0.25, -0.2) is 13.4 Å². The number of ether oxygens (including phenoxy) is 1. The number of allylic oxidation sites excluding steroid dienone is 2. The molecule has 7 heteroatoms. The molecule has 2 aliphatic rings. The van der Waals surface area contributed by atoms with Crippen molar-refractivity contribution in [2.45, 2.75) is 64.7 Å². The number of sulfonamides is 1. The first-order chi connectivity index (χ1) is 14.3. The minimum atomic E-state index is -3.34. The zero-order valence-electron chi connectivity index (χ0n) is 18.8. The molecule has 0 saturated carbocycles. The van der Waals surface area contributed by atoms with E-state index in [1.807, 2.05) is 52.0 Å². The van der Waals surface area contributed by atoms with Gasteiger partial charge in [0.05, 0.1) is 18.1 Å². The van der Waals surface area contributed by atoms with Crippen LogP contribution in [0.5, 0.6) is 5.75 Å². The number of nitrogens with zero attached hydrogens (tertiary/aromatic N) is 2. The number of nitrogens with two attached hydrogens (primary N) is 1. The quantitative estimate of drug-likeness (QED) is 0.558. The average molecular weight is 434 g/mol. The van der Waals surface area contributed by atoms with Crippen molar-refractivity contribution in [1.82, 2.24) is 4.31 Å². The van der Waals surface area contributed by atoms with Gasteiger partial charge in [0.1, 0.15) is 11.6 Å². The summed E-state index contributed by atoms with van der Waals surface area (Å²) < 4.78 is 32.9. The fourth-order valence-corrected chi connectivity index (χ4v) is 5.71. The summed E-state index contributed by atoms with van der Waals surface area (Å²) in [4.78, 5) is 4.47. The summed E-state index contributed by atoms with van der Waals surface area (Å²) in [7, 11) is -1.71. The predicted octanol–water partition coefficient (Wildman–Crippen LogP) is 4.15. The highest BCUT2D eigenvalue weighted by atomic mass is 32.2. The van der Waals surface area contributed by atoms with Crippen molar-refractivity contribution in [3.05, 3.63) is 53.3 Å². The van der Waals surface area contributed by atoms with E-state index in [1.165, 1.54) is 0 Å². The van der Waals surface area contributed by atoms with Gasteiger partial charge in [-0.3, -0.25) is 0 Å². The molecule has 1 heterocycles. The van der Waals surface area contributed by atoms with Crippen LogP contribution >= 0.6 is 0 Å². The lowest BCUT2D eigenvalue weighted by Crippen LogP contribution is -2.46. The van der Waals surface area contributed by atoms with Crippen LogP contribution < -0.4 is 10.5 Å². The van der Waals surface area contributed by atoms with E-state index in [0.717, 1.165) is 36.1 Å². The molecule has 0 spiro atoms. The summed E-state index contributed by atoms with van der Waals surface area (Å²) in [6.07, 6.45) is 8.71. The maximum absolute atomic E-state index is 13.0. The molecule has 6 nitrogen and oxygen atoms in total. The third kappa shape index (κ3) is 5.52. The van der Waals surface area contributed by atoms with Gasteiger partial charge in [-0.2, -0.15) is 4.31 Å². The fourth-order valence-electron chi connectivity index (χ4n) is 3.76. The molecule has 1 aliphatic heterocycles. The van der Waals surface area contributed by atoms with E-state index in [2.05, 4.69) is 4.99 Å². The topological polar surface area (TPSA) is 85.0 Å². The highest BCUT2D eigenvalue weighted by Crippen LogP contribution is 2.27. The van der Waals surface area contributed by atoms with Crippen LogP contribution in [0.3, 0.4) is 0 Å². The molecule has 0 amide bonds. The molecule has 1 aliphatic carbocycles. The van der Waals surface area contributed by atoms with Crippen LogP contribution in [0.4, 0.5) is 0 Å². The molecule has 2 N–H and O–H groups in total. The lowest BCUT2D eigenvalue weighted by molar-refractivity contribution is 0.267. The number of piperidine rings is 1. The summed E-state index contributed by atoms with van der Waals surface area (Å²) in [5.41, 5.74) is 8.62. The molecule has 1 saturated heterocycles. The molecule has 0 radical (unpaired) electrons. The SMILES string of the molecule is CC.COc1ccc(C(N)=NC2=CCC(S(=O)(=O)N3CCCCC3C)C=C2)cc1C. The first-order valence-corrected chi connectivity index (χ1v) is 12.2. The van der Waals surface area contributed by atoms with Crippen molar-refractivity contribution in [3.8, 4) is 5.75 Å². The number of methoxy groups -OCH3 is 1. The first kappa shape index (κ1) is 24.2. The Morgan fingerprint density at radius 2 is 2.00 bits per heavy atom. The molecule has 1 aromatic rings. The van der Waals surface area contributed by atoms with Crippen molar-refractivity contribution in [2.24, 2.45) is 10.7 Å². The smallest absolute Gasteiger partial charge is 0.221 e. The number of aryl methyl sites for hydroxylation is 1. The molecule has 1 fully saturated rings. The number of aliphatic imine (C=N–C) groups is 1. The minimum Gasteiger partial charge on any atom is -0.496 e. The second-order valence-corrected chi connectivity index (χ2v) is 9.55. The lowest BCUT2D eigenvalue weighted by Gasteiger charge is -2.34. The molecule has 1 aromatic carbocycles. The summed E-state index contributed by atoms with van der Waals surface area (Å²) in [6, 6.07) is 5.73. The third-order valence-electron chi connectivity index (χ3n) is 5.43. The Kier molecular flexibility index (Phi) is 8.67. The van der Waals surface area contributed by atoms with Gasteiger partial charge >= 0.3 is 0 Å². The summed E-state index contributed by atoms with van der Waals surface area (Å²) >= 11 is 0. The lowest BCUT2D eigenvalue weighted by atomic mass is 10.1. The van der Waals surface area contributed by atoms with E-state index in [1.54, 1.807) is 23.6 Å². The molecule has 2 unspecified atom stereocenters. The van der Waals surface area contributed by atoms with Gasteiger partial charge in [-0.1, -0.05) is 32.4 Å². The zero-order valence-corrected chi connectivity index (χ0v) is 19.6. The largest absolute Gasteiger partial charge is 0.496 e. The normalized spacial score (nSPS) is 22.7. The number of hydrogen-bond donors (Lipinski definition) is 1. The van der Waals surface area contributed by atoms with E-state index in [-0.39, 0.29) is 6.04 Å². The van der Waals surface area contributed by atoms with Gasteiger partial charge in [0.2, 0.25) is 10.0 Å². The van der Waals surface area contributed by atoms with E-state index < -0.39 is 15.3 Å². The molecule has 30 heavy (non-hydrogen) atoms. The van der Waals surface area contributed by atoms with Gasteiger partial charge in [-0.05, 0) is 62.9 Å². The highest BCUT2D eigenvalue weighted by molar-refractivity contribution is 7.89. The van der Waals surface area contributed by atoms with Crippen LogP contribution in [0.15, 0.2) is 47.1 Å². The zero-order chi connectivity index (χ0) is 22.3. The van der Waals surface area contributed by atoms with Crippen LogP contribution in [-0.4, -0.2) is 43.5 Å². The van der Waals surface area contributed by atoms with Crippen LogP contribution in [0.2, 0.25) is 0 Å². The van der Waals surface area contributed by atoms with Crippen LogP contribution in [-0.2, 0) is 10.0 Å². The molecule has 166 valence electrons. The Balaban J connectivity index is 0.00000155. The molecule has 2 atom stereocenters. The maximum atomic E-state index is 13.0. The van der Waals surface area contributed by atoms with Crippen LogP contribution in [0, 0.1) is 6.92 Å². The summed E-state index contributed by atoms with van der Waals surface area (Å²) in [5.74, 6) is 1.20. The Bertz CT molecular complexity index is 920. The Hall–Kier alpha value is -2.12. The van der Waals surface area contributed by atoms with Crippen molar-refractivity contribution in [1.29, 1.82) is 0 Å². The van der Waals surface area contributed by atoms with Gasteiger partial charge < -0.3 is 10.5 Å². The van der Waals surface area contributed by atoms with E-state index >= 15 is 0 Å². The van der Waals surface area contributed by atoms with Crippen molar-refractivity contribution in [3.63, 3.8) is 0 Å². The van der Waals surface area contributed by atoms with Crippen LogP contribution in [0.1, 0.15) is 57.6 Å². The predicted molar refractivity (Wildman–Crippen MR) is 124 cm³/mol. The maximum Gasteiger partial charge on any atom is 0.221 e. The minimum absolute atomic E-state index is 0.0736. The van der Waals surface area contributed by atoms with Crippen LogP contribution in [0.25, 0.3) is 0 Å². The third-order valence-corrected chi connectivity index (χ3v) is 7.74. The van der Waals surface area contributed by atoms with E-state index in [4.69, 9.17) is 10.5 Å². The Labute approximate surface area is 181 Å². The second kappa shape index (κ2) is 10.8. The first-order valence-electron chi connectivity index (χ1n) is 10.7.